The van der Waals surface area contributed by atoms with Crippen LogP contribution in [0.3, 0.4) is 0 Å². The van der Waals surface area contributed by atoms with Crippen molar-refractivity contribution in [3.05, 3.63) is 24.0 Å². The number of urea groups is 1. The van der Waals surface area contributed by atoms with Crippen LogP contribution in [0.1, 0.15) is 13.8 Å². The van der Waals surface area contributed by atoms with Gasteiger partial charge in [0.2, 0.25) is 5.91 Å². The summed E-state index contributed by atoms with van der Waals surface area (Å²) in [5.41, 5.74) is 0.556. The Bertz CT molecular complexity index is 847. The smallest absolute Gasteiger partial charge is 0.332 e. The van der Waals surface area contributed by atoms with E-state index in [1.807, 2.05) is 6.92 Å². The number of hydrogen-bond donors (Lipinski definition) is 4. The molecule has 0 radical (unpaired) electrons. The van der Waals surface area contributed by atoms with Crippen molar-refractivity contribution in [2.24, 2.45) is 5.92 Å². The lowest BCUT2D eigenvalue weighted by Crippen LogP contribution is -2.61. The van der Waals surface area contributed by atoms with Gasteiger partial charge in [-0.2, -0.15) is 5.26 Å². The molecule has 8 nitrogen and oxygen atoms in total. The third-order valence-corrected chi connectivity index (χ3v) is 6.63. The molecule has 10 heteroatoms. The van der Waals surface area contributed by atoms with Crippen LogP contribution < -0.4 is 21.3 Å². The number of nitrogens with one attached hydrogen (secondary N) is 4. The van der Waals surface area contributed by atoms with E-state index in [-0.39, 0.29) is 30.6 Å². The van der Waals surface area contributed by atoms with Gasteiger partial charge < -0.3 is 10.6 Å². The molecule has 1 saturated heterocycles. The predicted molar refractivity (Wildman–Crippen MR) is 106 cm³/mol. The van der Waals surface area contributed by atoms with Gasteiger partial charge in [0.25, 0.3) is 0 Å². The van der Waals surface area contributed by atoms with Crippen molar-refractivity contribution in [2.45, 2.75) is 31.0 Å². The number of fused-ring (bicyclic) bond motifs is 1. The molecular weight excluding hydrogens is 383 g/mol. The lowest BCUT2D eigenvalue weighted by atomic mass is 10.1. The largest absolute Gasteiger partial charge is 0.349 e. The fourth-order valence-electron chi connectivity index (χ4n) is 3.19. The van der Waals surface area contributed by atoms with E-state index in [4.69, 9.17) is 5.26 Å². The maximum absolute atomic E-state index is 13.7. The minimum absolute atomic E-state index is 0.0984. The number of hydrogen-bond acceptors (Lipinski definition) is 5. The van der Waals surface area contributed by atoms with Crippen LogP contribution in [-0.2, 0) is 4.79 Å². The average Bonchev–Trinajstić information content (AvgIpc) is 2.69. The maximum Gasteiger partial charge on any atom is 0.332 e. The highest BCUT2D eigenvalue weighted by Crippen LogP contribution is 2.40. The molecule has 2 heterocycles. The average molecular weight is 406 g/mol. The van der Waals surface area contributed by atoms with E-state index in [0.29, 0.717) is 23.7 Å². The summed E-state index contributed by atoms with van der Waals surface area (Å²) in [6, 6.07) is 5.76. The predicted octanol–water partition coefficient (Wildman–Crippen LogP) is 1.20. The van der Waals surface area contributed by atoms with Crippen molar-refractivity contribution in [2.75, 3.05) is 25.0 Å². The first-order chi connectivity index (χ1) is 13.4. The summed E-state index contributed by atoms with van der Waals surface area (Å²) in [7, 11) is -0.823. The Labute approximate surface area is 165 Å². The van der Waals surface area contributed by atoms with Crippen LogP contribution in [0.2, 0.25) is 0 Å². The maximum atomic E-state index is 13.7. The van der Waals surface area contributed by atoms with E-state index in [2.05, 4.69) is 27.3 Å². The molecule has 1 aromatic rings. The van der Waals surface area contributed by atoms with E-state index >= 15 is 0 Å². The molecule has 2 atom stereocenters. The van der Waals surface area contributed by atoms with Gasteiger partial charge in [-0.25, -0.2) is 9.18 Å². The first-order valence-electron chi connectivity index (χ1n) is 8.99. The van der Waals surface area contributed by atoms with Gasteiger partial charge in [-0.15, -0.1) is 0 Å². The number of carbonyl (C=O) groups excluding carboxylic acids is 2. The fourth-order valence-corrected chi connectivity index (χ4v) is 5.00. The number of benzene rings is 1. The zero-order valence-corrected chi connectivity index (χ0v) is 16.5. The Balaban J connectivity index is 1.65. The molecule has 0 aliphatic carbocycles. The van der Waals surface area contributed by atoms with Crippen molar-refractivity contribution in [3.8, 4) is 6.07 Å². The second-order valence-corrected chi connectivity index (χ2v) is 8.61. The van der Waals surface area contributed by atoms with Crippen molar-refractivity contribution >= 4 is 33.7 Å². The van der Waals surface area contributed by atoms with Gasteiger partial charge in [0.05, 0.1) is 29.9 Å². The highest BCUT2D eigenvalue weighted by Gasteiger charge is 2.30. The topological polar surface area (TPSA) is 109 Å². The van der Waals surface area contributed by atoms with E-state index in [1.165, 1.54) is 22.5 Å². The van der Waals surface area contributed by atoms with E-state index in [0.717, 1.165) is 0 Å². The number of anilines is 1. The normalized spacial score (nSPS) is 25.4. The van der Waals surface area contributed by atoms with Gasteiger partial charge in [-0.3, -0.25) is 19.7 Å². The Hall–Kier alpha value is -2.48. The molecular formula is C18H23FN6O2S. The van der Waals surface area contributed by atoms with E-state index in [9.17, 15) is 14.0 Å². The molecule has 28 heavy (non-hydrogen) atoms. The standard InChI is InChI=1S/C18H23FN6O2S/c1-3-28-15-6-13(19)4-5-14(15)24-18(27)25(28)10-16(26)23-11(2)17-21-8-12(7-20)9-22-17/h3-6,11-12,17,21-22H,8-10H2,1-2H3,(H,23,26)(H,24,27)/t11-,12?,17?,28?/m1/s1. The Morgan fingerprint density at radius 2 is 2.21 bits per heavy atom. The Morgan fingerprint density at radius 1 is 1.50 bits per heavy atom. The quantitative estimate of drug-likeness (QED) is 0.562. The summed E-state index contributed by atoms with van der Waals surface area (Å²) < 4.78 is 15.1. The van der Waals surface area contributed by atoms with Gasteiger partial charge >= 0.3 is 6.03 Å². The first-order valence-corrected chi connectivity index (χ1v) is 10.2. The van der Waals surface area contributed by atoms with Crippen LogP contribution >= 0.6 is 10.7 Å². The molecule has 0 bridgehead atoms. The monoisotopic (exact) mass is 406 g/mol. The fraction of sp³-hybridized carbons (Fsp3) is 0.444. The van der Waals surface area contributed by atoms with Gasteiger partial charge in [-0.1, -0.05) is 10.7 Å². The first kappa shape index (κ1) is 20.3. The Kier molecular flexibility index (Phi) is 6.28. The zero-order valence-electron chi connectivity index (χ0n) is 15.7. The molecule has 150 valence electrons. The summed E-state index contributed by atoms with van der Waals surface area (Å²) in [5.74, 6) is -0.802. The zero-order chi connectivity index (χ0) is 20.3. The molecule has 0 aromatic heterocycles. The summed E-state index contributed by atoms with van der Waals surface area (Å²) in [6.07, 6.45) is -0.158. The van der Waals surface area contributed by atoms with Crippen LogP contribution in [0.25, 0.3) is 0 Å². The number of carbonyl (C=O) groups is 2. The third-order valence-electron chi connectivity index (χ3n) is 4.62. The minimum atomic E-state index is -0.823. The van der Waals surface area contributed by atoms with Gasteiger partial charge in [-0.05, 0) is 37.4 Å². The van der Waals surface area contributed by atoms with Crippen LogP contribution in [0.15, 0.2) is 23.1 Å². The minimum Gasteiger partial charge on any atom is -0.349 e. The molecule has 2 aliphatic heterocycles. The second kappa shape index (κ2) is 8.68. The molecule has 1 aromatic carbocycles. The summed E-state index contributed by atoms with van der Waals surface area (Å²) in [4.78, 5) is 25.7. The van der Waals surface area contributed by atoms with Crippen molar-refractivity contribution in [1.82, 2.24) is 20.3 Å². The van der Waals surface area contributed by atoms with E-state index < -0.39 is 22.5 Å². The molecule has 3 rings (SSSR count). The van der Waals surface area contributed by atoms with Crippen molar-refractivity contribution < 1.29 is 14.0 Å². The number of amides is 3. The van der Waals surface area contributed by atoms with Crippen molar-refractivity contribution in [1.29, 1.82) is 5.26 Å². The molecule has 1 unspecified atom stereocenters. The SMILES string of the molecule is C/C=S1\c2cc(F)ccc2NC(=O)N1CC(=O)N[C@H](C)C1NCC(C#N)CN1. The molecule has 2 aliphatic rings. The van der Waals surface area contributed by atoms with Crippen LogP contribution in [0.5, 0.6) is 0 Å². The van der Waals surface area contributed by atoms with Crippen LogP contribution in [0.4, 0.5) is 14.9 Å². The highest BCUT2D eigenvalue weighted by molar-refractivity contribution is 8.13. The molecule has 1 fully saturated rings. The summed E-state index contributed by atoms with van der Waals surface area (Å²) >= 11 is 0. The van der Waals surface area contributed by atoms with E-state index in [1.54, 1.807) is 12.3 Å². The van der Waals surface area contributed by atoms with Gasteiger partial charge in [0, 0.05) is 18.0 Å². The second-order valence-electron chi connectivity index (χ2n) is 6.63. The lowest BCUT2D eigenvalue weighted by molar-refractivity contribution is -0.121. The summed E-state index contributed by atoms with van der Waals surface area (Å²) in [5, 5.41) is 22.7. The molecule has 4 N–H and O–H groups in total. The number of halogens is 1. The number of nitriles is 1. The van der Waals surface area contributed by atoms with Gasteiger partial charge in [0.1, 0.15) is 12.4 Å². The van der Waals surface area contributed by atoms with Crippen molar-refractivity contribution in [3.63, 3.8) is 0 Å². The Morgan fingerprint density at radius 3 is 2.86 bits per heavy atom. The third kappa shape index (κ3) is 4.32. The van der Waals surface area contributed by atoms with Crippen LogP contribution in [-0.4, -0.2) is 53.5 Å². The van der Waals surface area contributed by atoms with Crippen LogP contribution in [0, 0.1) is 23.1 Å². The summed E-state index contributed by atoms with van der Waals surface area (Å²) in [6.45, 7) is 4.60. The van der Waals surface area contributed by atoms with Gasteiger partial charge in [0.15, 0.2) is 0 Å². The molecule has 0 saturated carbocycles. The molecule has 3 amide bonds. The molecule has 0 spiro atoms. The number of nitrogens with zero attached hydrogens (tertiary/aromatic N) is 2. The number of rotatable bonds is 4. The lowest BCUT2D eigenvalue weighted by Gasteiger charge is -2.34. The highest BCUT2D eigenvalue weighted by atomic mass is 32.2.